The molecule has 7 heteroatoms. The Bertz CT molecular complexity index is 852. The third kappa shape index (κ3) is 5.16. The maximum Gasteiger partial charge on any atom is 0.251 e. The number of fused-ring (bicyclic) bond motifs is 1. The highest BCUT2D eigenvalue weighted by atomic mass is 35.5. The molecule has 2 amide bonds. The third-order valence-electron chi connectivity index (χ3n) is 4.34. The topological polar surface area (TPSA) is 76.7 Å². The van der Waals surface area contributed by atoms with Gasteiger partial charge in [-0.25, -0.2) is 0 Å². The van der Waals surface area contributed by atoms with Crippen molar-refractivity contribution in [1.29, 1.82) is 0 Å². The van der Waals surface area contributed by atoms with E-state index in [1.54, 1.807) is 24.3 Å². The van der Waals surface area contributed by atoms with Crippen molar-refractivity contribution >= 4 is 23.4 Å². The average Bonchev–Trinajstić information content (AvgIpc) is 3.13. The van der Waals surface area contributed by atoms with Crippen LogP contribution >= 0.6 is 11.6 Å². The molecule has 0 radical (unpaired) electrons. The molecule has 6 nitrogen and oxygen atoms in total. The molecular formula is C21H23ClN2O4. The van der Waals surface area contributed by atoms with Crippen LogP contribution in [0.1, 0.15) is 36.2 Å². The molecule has 0 unspecified atom stereocenters. The SMILES string of the molecule is CC(C)C[C@@H](NC(=O)c1ccc(Cl)cc1)C(=O)NCc1ccc2c(c1)OCO2. The third-order valence-corrected chi connectivity index (χ3v) is 4.59. The van der Waals surface area contributed by atoms with Crippen LogP contribution in [0, 0.1) is 5.92 Å². The number of amides is 2. The number of nitrogens with one attached hydrogen (secondary N) is 2. The molecule has 1 heterocycles. The molecule has 0 saturated carbocycles. The summed E-state index contributed by atoms with van der Waals surface area (Å²) in [6.45, 7) is 4.55. The van der Waals surface area contributed by atoms with Crippen LogP contribution in [0.15, 0.2) is 42.5 Å². The Morgan fingerprint density at radius 3 is 2.50 bits per heavy atom. The van der Waals surface area contributed by atoms with Crippen LogP contribution in [0.3, 0.4) is 0 Å². The molecule has 0 saturated heterocycles. The number of carbonyl (C=O) groups excluding carboxylic acids is 2. The molecule has 0 aliphatic carbocycles. The predicted molar refractivity (Wildman–Crippen MR) is 107 cm³/mol. The van der Waals surface area contributed by atoms with Gasteiger partial charge < -0.3 is 20.1 Å². The van der Waals surface area contributed by atoms with E-state index < -0.39 is 6.04 Å². The normalized spacial score (nSPS) is 13.3. The van der Waals surface area contributed by atoms with Crippen LogP contribution in [0.4, 0.5) is 0 Å². The van der Waals surface area contributed by atoms with Gasteiger partial charge >= 0.3 is 0 Å². The highest BCUT2D eigenvalue weighted by Crippen LogP contribution is 2.32. The molecule has 0 spiro atoms. The van der Waals surface area contributed by atoms with Crippen molar-refractivity contribution in [2.75, 3.05) is 6.79 Å². The Morgan fingerprint density at radius 1 is 1.07 bits per heavy atom. The monoisotopic (exact) mass is 402 g/mol. The molecule has 0 bridgehead atoms. The Balaban J connectivity index is 1.62. The van der Waals surface area contributed by atoms with Gasteiger partial charge in [0.2, 0.25) is 12.7 Å². The zero-order chi connectivity index (χ0) is 20.1. The summed E-state index contributed by atoms with van der Waals surface area (Å²) in [5.74, 6) is 1.07. The van der Waals surface area contributed by atoms with Crippen molar-refractivity contribution in [3.05, 3.63) is 58.6 Å². The second kappa shape index (κ2) is 8.97. The second-order valence-electron chi connectivity index (χ2n) is 7.07. The minimum atomic E-state index is -0.628. The average molecular weight is 403 g/mol. The summed E-state index contributed by atoms with van der Waals surface area (Å²) in [6.07, 6.45) is 0.534. The number of rotatable bonds is 7. The fourth-order valence-corrected chi connectivity index (χ4v) is 3.04. The lowest BCUT2D eigenvalue weighted by Gasteiger charge is -2.20. The van der Waals surface area contributed by atoms with Crippen LogP contribution in [0.5, 0.6) is 11.5 Å². The minimum Gasteiger partial charge on any atom is -0.454 e. The van der Waals surface area contributed by atoms with Gasteiger partial charge in [0.25, 0.3) is 5.91 Å². The first-order valence-corrected chi connectivity index (χ1v) is 9.53. The zero-order valence-electron chi connectivity index (χ0n) is 15.8. The lowest BCUT2D eigenvalue weighted by molar-refractivity contribution is -0.123. The molecule has 148 valence electrons. The first kappa shape index (κ1) is 20.0. The van der Waals surface area contributed by atoms with Crippen molar-refractivity contribution in [1.82, 2.24) is 10.6 Å². The highest BCUT2D eigenvalue weighted by molar-refractivity contribution is 6.30. The van der Waals surface area contributed by atoms with Gasteiger partial charge in [0.05, 0.1) is 0 Å². The molecule has 2 aromatic carbocycles. The summed E-state index contributed by atoms with van der Waals surface area (Å²) >= 11 is 5.86. The summed E-state index contributed by atoms with van der Waals surface area (Å²) in [4.78, 5) is 25.2. The number of carbonyl (C=O) groups is 2. The lowest BCUT2D eigenvalue weighted by atomic mass is 10.0. The summed E-state index contributed by atoms with van der Waals surface area (Å²) in [5, 5.41) is 6.27. The van der Waals surface area contributed by atoms with E-state index in [9.17, 15) is 9.59 Å². The van der Waals surface area contributed by atoms with Gasteiger partial charge in [0, 0.05) is 17.1 Å². The minimum absolute atomic E-state index is 0.207. The maximum absolute atomic E-state index is 12.7. The number of halogens is 1. The first-order chi connectivity index (χ1) is 13.4. The fourth-order valence-electron chi connectivity index (χ4n) is 2.91. The quantitative estimate of drug-likeness (QED) is 0.742. The van der Waals surface area contributed by atoms with Crippen molar-refractivity contribution in [2.45, 2.75) is 32.9 Å². The summed E-state index contributed by atoms with van der Waals surface area (Å²) in [5.41, 5.74) is 1.35. The molecule has 1 aliphatic rings. The largest absolute Gasteiger partial charge is 0.454 e. The zero-order valence-corrected chi connectivity index (χ0v) is 16.6. The molecule has 28 heavy (non-hydrogen) atoms. The van der Waals surface area contributed by atoms with Gasteiger partial charge in [-0.15, -0.1) is 0 Å². The summed E-state index contributed by atoms with van der Waals surface area (Å²) in [6, 6.07) is 11.5. The maximum atomic E-state index is 12.7. The molecule has 3 rings (SSSR count). The second-order valence-corrected chi connectivity index (χ2v) is 7.50. The van der Waals surface area contributed by atoms with Gasteiger partial charge in [-0.2, -0.15) is 0 Å². The van der Waals surface area contributed by atoms with Crippen molar-refractivity contribution in [2.24, 2.45) is 5.92 Å². The smallest absolute Gasteiger partial charge is 0.251 e. The predicted octanol–water partition coefficient (Wildman–Crippen LogP) is 3.53. The Labute approximate surface area is 169 Å². The van der Waals surface area contributed by atoms with Gasteiger partial charge in [0.1, 0.15) is 6.04 Å². The molecule has 0 fully saturated rings. The van der Waals surface area contributed by atoms with Crippen LogP contribution in [-0.2, 0) is 11.3 Å². The van der Waals surface area contributed by atoms with Gasteiger partial charge in [-0.3, -0.25) is 9.59 Å². The molecule has 2 aromatic rings. The summed E-state index contributed by atoms with van der Waals surface area (Å²) < 4.78 is 10.6. The van der Waals surface area contributed by atoms with E-state index in [1.807, 2.05) is 32.0 Å². The number of hydrogen-bond donors (Lipinski definition) is 2. The van der Waals surface area contributed by atoms with Crippen molar-refractivity contribution in [3.8, 4) is 11.5 Å². The van der Waals surface area contributed by atoms with Gasteiger partial charge in [-0.05, 0) is 54.3 Å². The Hall–Kier alpha value is -2.73. The standard InChI is InChI=1S/C21H23ClN2O4/c1-13(2)9-17(24-20(25)15-4-6-16(22)7-5-15)21(26)23-11-14-3-8-18-19(10-14)28-12-27-18/h3-8,10,13,17H,9,11-12H2,1-2H3,(H,23,26)(H,24,25)/t17-/m1/s1. The highest BCUT2D eigenvalue weighted by Gasteiger charge is 2.22. The van der Waals surface area contributed by atoms with E-state index in [4.69, 9.17) is 21.1 Å². The van der Waals surface area contributed by atoms with E-state index >= 15 is 0 Å². The van der Waals surface area contributed by atoms with Crippen LogP contribution < -0.4 is 20.1 Å². The van der Waals surface area contributed by atoms with Crippen LogP contribution in [0.2, 0.25) is 5.02 Å². The molecule has 0 aromatic heterocycles. The van der Waals surface area contributed by atoms with Crippen molar-refractivity contribution in [3.63, 3.8) is 0 Å². The first-order valence-electron chi connectivity index (χ1n) is 9.15. The van der Waals surface area contributed by atoms with E-state index in [2.05, 4.69) is 10.6 Å². The van der Waals surface area contributed by atoms with E-state index in [0.717, 1.165) is 5.56 Å². The number of benzene rings is 2. The number of hydrogen-bond acceptors (Lipinski definition) is 4. The van der Waals surface area contributed by atoms with E-state index in [1.165, 1.54) is 0 Å². The van der Waals surface area contributed by atoms with Crippen LogP contribution in [-0.4, -0.2) is 24.6 Å². The molecule has 2 N–H and O–H groups in total. The number of ether oxygens (including phenoxy) is 2. The van der Waals surface area contributed by atoms with Crippen LogP contribution in [0.25, 0.3) is 0 Å². The Morgan fingerprint density at radius 2 is 1.79 bits per heavy atom. The fraction of sp³-hybridized carbons (Fsp3) is 0.333. The van der Waals surface area contributed by atoms with Gasteiger partial charge in [0.15, 0.2) is 11.5 Å². The molecule has 1 atom stereocenters. The van der Waals surface area contributed by atoms with E-state index in [0.29, 0.717) is 35.1 Å². The van der Waals surface area contributed by atoms with E-state index in [-0.39, 0.29) is 24.5 Å². The lowest BCUT2D eigenvalue weighted by Crippen LogP contribution is -2.47. The molecular weight excluding hydrogens is 380 g/mol. The molecule has 1 aliphatic heterocycles. The van der Waals surface area contributed by atoms with Gasteiger partial charge in [-0.1, -0.05) is 31.5 Å². The van der Waals surface area contributed by atoms with Crippen molar-refractivity contribution < 1.29 is 19.1 Å². The summed E-state index contributed by atoms with van der Waals surface area (Å²) in [7, 11) is 0. The Kier molecular flexibility index (Phi) is 6.41.